The minimum Gasteiger partial charge on any atom is -0.487 e. The molecule has 168 valence electrons. The van der Waals surface area contributed by atoms with E-state index in [1.54, 1.807) is 6.07 Å². The van der Waals surface area contributed by atoms with Gasteiger partial charge in [0.2, 0.25) is 0 Å². The first-order valence-corrected chi connectivity index (χ1v) is 12.8. The quantitative estimate of drug-likeness (QED) is 0.591. The third-order valence-corrected chi connectivity index (χ3v) is 8.27. The van der Waals surface area contributed by atoms with Gasteiger partial charge >= 0.3 is 0 Å². The molecular weight excluding hydrogens is 429 g/mol. The van der Waals surface area contributed by atoms with Gasteiger partial charge in [0.25, 0.3) is 0 Å². The van der Waals surface area contributed by atoms with Gasteiger partial charge in [-0.1, -0.05) is 0 Å². The Morgan fingerprint density at radius 3 is 2.84 bits per heavy atom. The summed E-state index contributed by atoms with van der Waals surface area (Å²) >= 11 is 0. The number of aromatic nitrogens is 2. The fraction of sp³-hybridized carbons (Fsp3) is 0.391. The average molecular weight is 456 g/mol. The van der Waals surface area contributed by atoms with Crippen LogP contribution in [0.15, 0.2) is 41.0 Å². The molecule has 2 saturated heterocycles. The Bertz CT molecular complexity index is 1270. The van der Waals surface area contributed by atoms with Crippen LogP contribution in [0.3, 0.4) is 0 Å². The van der Waals surface area contributed by atoms with Crippen LogP contribution in [-0.4, -0.2) is 44.9 Å². The molecule has 1 unspecified atom stereocenters. The first-order valence-electron chi connectivity index (χ1n) is 10.9. The zero-order valence-electron chi connectivity index (χ0n) is 17.9. The summed E-state index contributed by atoms with van der Waals surface area (Å²) in [5, 5.41) is 7.40. The molecule has 0 bridgehead atoms. The summed E-state index contributed by atoms with van der Waals surface area (Å²) < 4.78 is 37.4. The molecule has 0 aliphatic carbocycles. The molecule has 7 nitrogen and oxygen atoms in total. The van der Waals surface area contributed by atoms with E-state index in [0.717, 1.165) is 43.3 Å². The molecule has 3 aromatic rings. The van der Waals surface area contributed by atoms with Crippen LogP contribution in [0.5, 0.6) is 5.75 Å². The Labute approximate surface area is 187 Å². The molecule has 32 heavy (non-hydrogen) atoms. The maximum Gasteiger partial charge on any atom is 0.146 e. The van der Waals surface area contributed by atoms with Gasteiger partial charge in [-0.05, 0) is 62.6 Å². The van der Waals surface area contributed by atoms with E-state index < -0.39 is 9.73 Å². The predicted octanol–water partition coefficient (Wildman–Crippen LogP) is 4.45. The van der Waals surface area contributed by atoms with E-state index in [9.17, 15) is 8.60 Å². The van der Waals surface area contributed by atoms with Crippen molar-refractivity contribution in [1.82, 2.24) is 15.3 Å². The second-order valence-electron chi connectivity index (χ2n) is 8.36. The molecule has 1 atom stereocenters. The Kier molecular flexibility index (Phi) is 5.69. The summed E-state index contributed by atoms with van der Waals surface area (Å²) in [6.07, 6.45) is 4.28. The third-order valence-electron chi connectivity index (χ3n) is 5.87. The van der Waals surface area contributed by atoms with Gasteiger partial charge in [-0.3, -0.25) is 0 Å². The van der Waals surface area contributed by atoms with Crippen LogP contribution in [0.25, 0.3) is 10.9 Å². The van der Waals surface area contributed by atoms with Gasteiger partial charge in [0, 0.05) is 29.5 Å². The second kappa shape index (κ2) is 8.63. The maximum atomic E-state index is 13.9. The van der Waals surface area contributed by atoms with Crippen molar-refractivity contribution in [2.24, 2.45) is 4.36 Å². The van der Waals surface area contributed by atoms with Crippen LogP contribution >= 0.6 is 0 Å². The Balaban J connectivity index is 1.51. The molecule has 2 aliphatic heterocycles. The molecule has 2 N–H and O–H groups in total. The Hall–Kier alpha value is -2.78. The molecule has 0 amide bonds. The highest BCUT2D eigenvalue weighted by molar-refractivity contribution is 7.93. The third kappa shape index (κ3) is 4.40. The lowest BCUT2D eigenvalue weighted by molar-refractivity contribution is 0.223. The highest BCUT2D eigenvalue weighted by Crippen LogP contribution is 2.34. The van der Waals surface area contributed by atoms with Crippen molar-refractivity contribution in [2.75, 3.05) is 29.9 Å². The van der Waals surface area contributed by atoms with Crippen LogP contribution in [0, 0.1) is 12.7 Å². The number of ether oxygens (including phenoxy) is 1. The fourth-order valence-electron chi connectivity index (χ4n) is 4.29. The zero-order chi connectivity index (χ0) is 22.1. The molecule has 1 aromatic heterocycles. The van der Waals surface area contributed by atoms with Gasteiger partial charge in [-0.15, -0.1) is 0 Å². The number of halogens is 1. The van der Waals surface area contributed by atoms with Crippen molar-refractivity contribution in [3.05, 3.63) is 48.0 Å². The highest BCUT2D eigenvalue weighted by Gasteiger charge is 2.20. The van der Waals surface area contributed by atoms with Gasteiger partial charge < -0.3 is 15.4 Å². The first kappa shape index (κ1) is 21.1. The SMILES string of the molecule is Cc1cc(N=S2(=O)CCCC2)cc2ncnc(Nc3ccc(F)cc3OC3CCNC3)c12. The lowest BCUT2D eigenvalue weighted by atomic mass is 10.1. The molecule has 0 radical (unpaired) electrons. The van der Waals surface area contributed by atoms with E-state index in [2.05, 4.69) is 25.0 Å². The number of nitrogens with one attached hydrogen (secondary N) is 2. The summed E-state index contributed by atoms with van der Waals surface area (Å²) in [7, 11) is -2.16. The van der Waals surface area contributed by atoms with Crippen LogP contribution in [0.2, 0.25) is 0 Å². The van der Waals surface area contributed by atoms with E-state index in [1.165, 1.54) is 18.5 Å². The van der Waals surface area contributed by atoms with Crippen molar-refractivity contribution < 1.29 is 13.3 Å². The lowest BCUT2D eigenvalue weighted by Gasteiger charge is -2.18. The van der Waals surface area contributed by atoms with Gasteiger partial charge in [-0.25, -0.2) is 18.6 Å². The molecule has 3 heterocycles. The minimum atomic E-state index is -2.16. The largest absolute Gasteiger partial charge is 0.487 e. The monoisotopic (exact) mass is 455 g/mol. The van der Waals surface area contributed by atoms with E-state index >= 15 is 0 Å². The number of aryl methyl sites for hydroxylation is 1. The van der Waals surface area contributed by atoms with E-state index in [0.29, 0.717) is 40.0 Å². The highest BCUT2D eigenvalue weighted by atomic mass is 32.2. The summed E-state index contributed by atoms with van der Waals surface area (Å²) in [6.45, 7) is 3.59. The first-order chi connectivity index (χ1) is 15.5. The summed E-state index contributed by atoms with van der Waals surface area (Å²) in [5.74, 6) is 2.01. The number of rotatable bonds is 5. The zero-order valence-corrected chi connectivity index (χ0v) is 18.8. The average Bonchev–Trinajstić information content (AvgIpc) is 3.42. The maximum absolute atomic E-state index is 13.9. The van der Waals surface area contributed by atoms with Gasteiger partial charge in [0.1, 0.15) is 29.8 Å². The van der Waals surface area contributed by atoms with E-state index in [1.807, 2.05) is 19.1 Å². The summed E-state index contributed by atoms with van der Waals surface area (Å²) in [5.41, 5.74) is 2.97. The molecule has 2 aliphatic rings. The number of anilines is 2. The molecular formula is C23H26FN5O2S. The van der Waals surface area contributed by atoms with Crippen molar-refractivity contribution in [3.8, 4) is 5.75 Å². The van der Waals surface area contributed by atoms with Crippen molar-refractivity contribution >= 4 is 37.8 Å². The minimum absolute atomic E-state index is 0.00268. The van der Waals surface area contributed by atoms with Crippen LogP contribution in [0.1, 0.15) is 24.8 Å². The summed E-state index contributed by atoms with van der Waals surface area (Å²) in [4.78, 5) is 8.85. The Morgan fingerprint density at radius 1 is 1.22 bits per heavy atom. The Morgan fingerprint density at radius 2 is 2.06 bits per heavy atom. The fourth-order valence-corrected chi connectivity index (χ4v) is 6.48. The molecule has 2 aromatic carbocycles. The number of hydrogen-bond acceptors (Lipinski definition) is 7. The molecule has 5 rings (SSSR count). The molecule has 0 saturated carbocycles. The number of benzene rings is 2. The van der Waals surface area contributed by atoms with E-state index in [4.69, 9.17) is 4.74 Å². The normalized spacial score (nSPS) is 19.9. The van der Waals surface area contributed by atoms with Gasteiger partial charge in [0.15, 0.2) is 0 Å². The van der Waals surface area contributed by atoms with E-state index in [-0.39, 0.29) is 11.9 Å². The van der Waals surface area contributed by atoms with Crippen LogP contribution in [-0.2, 0) is 9.73 Å². The van der Waals surface area contributed by atoms with Gasteiger partial charge in [-0.2, -0.15) is 4.36 Å². The number of nitrogens with zero attached hydrogens (tertiary/aromatic N) is 3. The number of fused-ring (bicyclic) bond motifs is 1. The molecule has 0 spiro atoms. The topological polar surface area (TPSA) is 88.5 Å². The predicted molar refractivity (Wildman–Crippen MR) is 125 cm³/mol. The van der Waals surface area contributed by atoms with Crippen molar-refractivity contribution in [2.45, 2.75) is 32.3 Å². The van der Waals surface area contributed by atoms with Gasteiger partial charge in [0.05, 0.1) is 26.6 Å². The van der Waals surface area contributed by atoms with Crippen molar-refractivity contribution in [3.63, 3.8) is 0 Å². The summed E-state index contributed by atoms with van der Waals surface area (Å²) in [6, 6.07) is 8.23. The van der Waals surface area contributed by atoms with Crippen molar-refractivity contribution in [1.29, 1.82) is 0 Å². The van der Waals surface area contributed by atoms with Crippen LogP contribution < -0.4 is 15.4 Å². The second-order valence-corrected chi connectivity index (χ2v) is 10.9. The molecule has 2 fully saturated rings. The lowest BCUT2D eigenvalue weighted by Crippen LogP contribution is -2.20. The smallest absolute Gasteiger partial charge is 0.146 e. The van der Waals surface area contributed by atoms with Crippen LogP contribution in [0.4, 0.5) is 21.6 Å². The molecule has 9 heteroatoms. The number of hydrogen-bond donors (Lipinski definition) is 2. The standard InChI is InChI=1S/C23H26FN5O2S/c1-15-10-17(29-32(30)8-2-3-9-32)12-20-22(15)23(27-14-26-20)28-19-5-4-16(24)11-21(19)31-18-6-7-25-13-18/h4-5,10-12,14,18,25H,2-3,6-9,13H2,1H3,(H,26,27,28).